The van der Waals surface area contributed by atoms with Crippen molar-refractivity contribution in [2.45, 2.75) is 41.9 Å². The number of nitro groups is 1. The van der Waals surface area contributed by atoms with Gasteiger partial charge in [0.25, 0.3) is 5.69 Å². The van der Waals surface area contributed by atoms with Crippen LogP contribution in [-0.2, 0) is 17.1 Å². The molecule has 1 N–H and O–H groups in total. The highest BCUT2D eigenvalue weighted by Gasteiger charge is 2.39. The van der Waals surface area contributed by atoms with Crippen LogP contribution in [0.4, 0.5) is 5.69 Å². The van der Waals surface area contributed by atoms with Crippen molar-refractivity contribution in [1.82, 2.24) is 4.72 Å². The summed E-state index contributed by atoms with van der Waals surface area (Å²) in [6.45, 7) is 7.97. The number of benzene rings is 1. The van der Waals surface area contributed by atoms with Crippen LogP contribution in [-0.4, -0.2) is 40.1 Å². The molecule has 0 bridgehead atoms. The molecule has 0 saturated carbocycles. The standard InChI is InChI=1S/C16H25Cl3N2O5SSi/c1-4-24-28(25-5-2,26-6-3)11-7-10-20-27-15-9-8-13(21(22)23)12-14(15)16(17,18)19/h8-9,12,20H,4-7,10-11H2,1-3H3. The number of nitro benzene ring substituents is 1. The monoisotopic (exact) mass is 490 g/mol. The second-order valence-electron chi connectivity index (χ2n) is 5.52. The molecule has 0 aliphatic carbocycles. The first-order valence-electron chi connectivity index (χ1n) is 8.86. The molecule has 0 spiro atoms. The number of nitrogens with zero attached hydrogens (tertiary/aromatic N) is 1. The fourth-order valence-electron chi connectivity index (χ4n) is 2.45. The van der Waals surface area contributed by atoms with Crippen molar-refractivity contribution in [3.8, 4) is 0 Å². The molecule has 0 saturated heterocycles. The normalized spacial score (nSPS) is 12.4. The summed E-state index contributed by atoms with van der Waals surface area (Å²) < 4.78 is 18.9. The van der Waals surface area contributed by atoms with Gasteiger partial charge in [-0.1, -0.05) is 34.8 Å². The second-order valence-corrected chi connectivity index (χ2v) is 11.5. The van der Waals surface area contributed by atoms with Crippen LogP contribution in [0.25, 0.3) is 0 Å². The molecular formula is C16H25Cl3N2O5SSi. The Morgan fingerprint density at radius 3 is 2.18 bits per heavy atom. The molecule has 0 amide bonds. The van der Waals surface area contributed by atoms with E-state index in [0.717, 1.165) is 6.42 Å². The fourth-order valence-corrected chi connectivity index (χ4v) is 6.56. The minimum absolute atomic E-state index is 0.133. The van der Waals surface area contributed by atoms with Crippen molar-refractivity contribution in [1.29, 1.82) is 0 Å². The van der Waals surface area contributed by atoms with Crippen LogP contribution in [0.5, 0.6) is 0 Å². The van der Waals surface area contributed by atoms with Gasteiger partial charge in [-0.25, -0.2) is 0 Å². The maximum absolute atomic E-state index is 11.0. The summed E-state index contributed by atoms with van der Waals surface area (Å²) in [6, 6.07) is 4.88. The molecule has 1 rings (SSSR count). The molecule has 1 aromatic rings. The number of halogens is 3. The van der Waals surface area contributed by atoms with Crippen molar-refractivity contribution < 1.29 is 18.2 Å². The first-order valence-corrected chi connectivity index (χ1v) is 12.7. The fraction of sp³-hybridized carbons (Fsp3) is 0.625. The molecule has 7 nitrogen and oxygen atoms in total. The number of nitrogens with one attached hydrogen (secondary N) is 1. The smallest absolute Gasteiger partial charge is 0.374 e. The van der Waals surface area contributed by atoms with Gasteiger partial charge < -0.3 is 13.3 Å². The molecule has 1 aromatic carbocycles. The van der Waals surface area contributed by atoms with E-state index >= 15 is 0 Å². The summed E-state index contributed by atoms with van der Waals surface area (Å²) in [6.07, 6.45) is 0.759. The van der Waals surface area contributed by atoms with Crippen molar-refractivity contribution in [3.63, 3.8) is 0 Å². The van der Waals surface area contributed by atoms with Gasteiger partial charge in [0.15, 0.2) is 0 Å². The second kappa shape index (κ2) is 12.6. The van der Waals surface area contributed by atoms with Gasteiger partial charge in [-0.05, 0) is 45.2 Å². The van der Waals surface area contributed by atoms with Crippen LogP contribution in [0, 0.1) is 10.1 Å². The number of hydrogen-bond donors (Lipinski definition) is 1. The van der Waals surface area contributed by atoms with E-state index in [-0.39, 0.29) is 11.3 Å². The maximum Gasteiger partial charge on any atom is 0.500 e. The lowest BCUT2D eigenvalue weighted by Gasteiger charge is -2.28. The number of alkyl halides is 3. The highest BCUT2D eigenvalue weighted by Crippen LogP contribution is 2.43. The van der Waals surface area contributed by atoms with Crippen LogP contribution in [0.1, 0.15) is 32.8 Å². The van der Waals surface area contributed by atoms with Crippen LogP contribution >= 0.6 is 46.8 Å². The van der Waals surface area contributed by atoms with Gasteiger partial charge in [0, 0.05) is 55.0 Å². The van der Waals surface area contributed by atoms with Gasteiger partial charge in [0.2, 0.25) is 3.79 Å². The number of non-ortho nitro benzene ring substituents is 1. The van der Waals surface area contributed by atoms with Crippen LogP contribution < -0.4 is 4.72 Å². The third-order valence-corrected chi connectivity index (χ3v) is 8.20. The van der Waals surface area contributed by atoms with Gasteiger partial charge in [-0.3, -0.25) is 14.8 Å². The zero-order chi connectivity index (χ0) is 21.2. The Hall–Kier alpha value is -0.103. The predicted octanol–water partition coefficient (Wildman–Crippen LogP) is 5.46. The number of hydrogen-bond acceptors (Lipinski definition) is 7. The van der Waals surface area contributed by atoms with E-state index in [4.69, 9.17) is 48.1 Å². The molecule has 28 heavy (non-hydrogen) atoms. The predicted molar refractivity (Wildman–Crippen MR) is 116 cm³/mol. The Balaban J connectivity index is 2.69. The lowest BCUT2D eigenvalue weighted by atomic mass is 10.2. The van der Waals surface area contributed by atoms with Gasteiger partial charge in [-0.15, -0.1) is 0 Å². The van der Waals surface area contributed by atoms with Crippen LogP contribution in [0.3, 0.4) is 0 Å². The Morgan fingerprint density at radius 1 is 1.14 bits per heavy atom. The summed E-state index contributed by atoms with van der Waals surface area (Å²) in [5.74, 6) is 0. The van der Waals surface area contributed by atoms with E-state index in [1.165, 1.54) is 24.1 Å². The number of rotatable bonds is 13. The van der Waals surface area contributed by atoms with Crippen molar-refractivity contribution in [3.05, 3.63) is 33.9 Å². The average molecular weight is 492 g/mol. The maximum atomic E-state index is 11.0. The van der Waals surface area contributed by atoms with Crippen molar-refractivity contribution >= 4 is 61.2 Å². The van der Waals surface area contributed by atoms with Crippen molar-refractivity contribution in [2.24, 2.45) is 0 Å². The molecule has 0 aliphatic heterocycles. The van der Waals surface area contributed by atoms with E-state index < -0.39 is 17.5 Å². The Kier molecular flexibility index (Phi) is 11.6. The summed E-state index contributed by atoms with van der Waals surface area (Å²) in [5.41, 5.74) is 0.123. The van der Waals surface area contributed by atoms with Crippen LogP contribution in [0.2, 0.25) is 6.04 Å². The molecule has 0 aliphatic rings. The Morgan fingerprint density at radius 2 is 1.71 bits per heavy atom. The van der Waals surface area contributed by atoms with Gasteiger partial charge in [0.1, 0.15) is 0 Å². The molecule has 0 fully saturated rings. The molecule has 0 atom stereocenters. The zero-order valence-electron chi connectivity index (χ0n) is 16.0. The average Bonchev–Trinajstić information content (AvgIpc) is 2.61. The van der Waals surface area contributed by atoms with E-state index in [2.05, 4.69) is 4.72 Å². The summed E-state index contributed by atoms with van der Waals surface area (Å²) >= 11 is 19.2. The third-order valence-electron chi connectivity index (χ3n) is 3.52. The molecule has 0 aromatic heterocycles. The summed E-state index contributed by atoms with van der Waals surface area (Å²) in [5, 5.41) is 11.0. The highest BCUT2D eigenvalue weighted by molar-refractivity contribution is 7.97. The molecule has 0 radical (unpaired) electrons. The van der Waals surface area contributed by atoms with E-state index in [9.17, 15) is 10.1 Å². The minimum Gasteiger partial charge on any atom is -0.374 e. The summed E-state index contributed by atoms with van der Waals surface area (Å²) in [7, 11) is -2.67. The molecule has 12 heteroatoms. The largest absolute Gasteiger partial charge is 0.500 e. The topological polar surface area (TPSA) is 82.9 Å². The zero-order valence-corrected chi connectivity index (χ0v) is 20.1. The molecule has 160 valence electrons. The van der Waals surface area contributed by atoms with Gasteiger partial charge >= 0.3 is 8.80 Å². The first-order chi connectivity index (χ1) is 13.2. The van der Waals surface area contributed by atoms with Gasteiger partial charge in [0.05, 0.1) is 4.92 Å². The lowest BCUT2D eigenvalue weighted by molar-refractivity contribution is -0.385. The Labute approximate surface area is 186 Å². The Bertz CT molecular complexity index is 620. The van der Waals surface area contributed by atoms with Crippen molar-refractivity contribution in [2.75, 3.05) is 26.4 Å². The molecule has 0 heterocycles. The quantitative estimate of drug-likeness (QED) is 0.0979. The molecular weight excluding hydrogens is 467 g/mol. The summed E-state index contributed by atoms with van der Waals surface area (Å²) in [4.78, 5) is 11.0. The third kappa shape index (κ3) is 8.33. The first kappa shape index (κ1) is 25.9. The van der Waals surface area contributed by atoms with Crippen LogP contribution in [0.15, 0.2) is 23.1 Å². The molecule has 0 unspecified atom stereocenters. The van der Waals surface area contributed by atoms with E-state index in [1.807, 2.05) is 20.8 Å². The highest BCUT2D eigenvalue weighted by atomic mass is 35.6. The minimum atomic E-state index is -2.67. The SMILES string of the molecule is CCO[Si](CCCNSc1ccc([N+](=O)[O-])cc1C(Cl)(Cl)Cl)(OCC)OCC. The van der Waals surface area contributed by atoms with E-state index in [0.29, 0.717) is 37.3 Å². The van der Waals surface area contributed by atoms with E-state index in [1.54, 1.807) is 6.07 Å². The van der Waals surface area contributed by atoms with Gasteiger partial charge in [-0.2, -0.15) is 0 Å². The lowest BCUT2D eigenvalue weighted by Crippen LogP contribution is -2.46.